The molecule has 1 aliphatic rings. The Morgan fingerprint density at radius 1 is 1.14 bits per heavy atom. The second-order valence-corrected chi connectivity index (χ2v) is 8.61. The van der Waals surface area contributed by atoms with Crippen LogP contribution in [0.3, 0.4) is 0 Å². The van der Waals surface area contributed by atoms with E-state index in [2.05, 4.69) is 41.2 Å². The molecule has 0 unspecified atom stereocenters. The first-order valence-corrected chi connectivity index (χ1v) is 11.7. The quantitative estimate of drug-likeness (QED) is 0.325. The van der Waals surface area contributed by atoms with Crippen LogP contribution in [-0.4, -0.2) is 59.6 Å². The van der Waals surface area contributed by atoms with E-state index in [9.17, 15) is 18.8 Å². The molecule has 2 atom stereocenters. The molecule has 1 aliphatic heterocycles. The summed E-state index contributed by atoms with van der Waals surface area (Å²) in [4.78, 5) is 41.6. The summed E-state index contributed by atoms with van der Waals surface area (Å²) in [6.07, 6.45) is 1.98. The Hall–Kier alpha value is -4.26. The van der Waals surface area contributed by atoms with Crippen LogP contribution in [0.15, 0.2) is 36.5 Å². The molecular formula is C24H28FN7O5. The number of anilines is 2. The van der Waals surface area contributed by atoms with Gasteiger partial charge in [0.25, 0.3) is 0 Å². The molecule has 2 aromatic heterocycles. The van der Waals surface area contributed by atoms with Crippen LogP contribution in [-0.2, 0) is 14.3 Å². The van der Waals surface area contributed by atoms with Crippen LogP contribution in [0.1, 0.15) is 31.4 Å². The number of hydrogen-bond donors (Lipinski definition) is 5. The maximum absolute atomic E-state index is 13.1. The number of methoxy groups -OCH3 is 1. The monoisotopic (exact) mass is 513 g/mol. The highest BCUT2D eigenvalue weighted by atomic mass is 19.1. The molecule has 3 aromatic rings. The van der Waals surface area contributed by atoms with Gasteiger partial charge in [-0.05, 0) is 43.4 Å². The Labute approximate surface area is 211 Å². The third-order valence-electron chi connectivity index (χ3n) is 6.13. The number of amides is 4. The topological polar surface area (TPSA) is 159 Å². The lowest BCUT2D eigenvalue weighted by molar-refractivity contribution is -0.120. The van der Waals surface area contributed by atoms with Gasteiger partial charge in [-0.25, -0.2) is 19.0 Å². The Morgan fingerprint density at radius 2 is 1.86 bits per heavy atom. The molecule has 12 nitrogen and oxygen atoms in total. The van der Waals surface area contributed by atoms with Crippen LogP contribution in [0.25, 0.3) is 10.9 Å². The summed E-state index contributed by atoms with van der Waals surface area (Å²) in [6, 6.07) is 5.73. The molecule has 5 N–H and O–H groups in total. The van der Waals surface area contributed by atoms with E-state index in [1.54, 1.807) is 25.1 Å². The Balaban J connectivity index is 1.41. The van der Waals surface area contributed by atoms with Gasteiger partial charge in [-0.2, -0.15) is 5.10 Å². The van der Waals surface area contributed by atoms with E-state index >= 15 is 0 Å². The number of pyridine rings is 1. The number of aromatic amines is 1. The number of hydrogen-bond acceptors (Lipinski definition) is 7. The van der Waals surface area contributed by atoms with Crippen molar-refractivity contribution >= 4 is 40.6 Å². The van der Waals surface area contributed by atoms with Crippen molar-refractivity contribution in [3.8, 4) is 0 Å². The highest BCUT2D eigenvalue weighted by Crippen LogP contribution is 2.24. The number of benzene rings is 1. The second kappa shape index (κ2) is 11.6. The number of urea groups is 1. The molecular weight excluding hydrogens is 485 g/mol. The van der Waals surface area contributed by atoms with Gasteiger partial charge in [0.05, 0.1) is 24.1 Å². The van der Waals surface area contributed by atoms with E-state index in [-0.39, 0.29) is 29.4 Å². The van der Waals surface area contributed by atoms with Gasteiger partial charge in [0.2, 0.25) is 5.91 Å². The van der Waals surface area contributed by atoms with Crippen LogP contribution in [0.4, 0.5) is 25.6 Å². The standard InChI is InChI=1S/C24H28FN7O5/c1-13(14-3-5-16(25)6-4-14)27-23(34)28-19-11-18-17(12-26-19)21(32-31-18)30-22(33)20(29-24(35)36-2)15-7-9-37-10-8-15/h3-6,11-13,15,20H,7-10H2,1-2H3,(H,29,35)(H2,26,27,28,34)(H2,30,31,32,33)/t13-,20+/m1/s1. The largest absolute Gasteiger partial charge is 0.453 e. The summed E-state index contributed by atoms with van der Waals surface area (Å²) in [5.74, 6) is -0.431. The predicted octanol–water partition coefficient (Wildman–Crippen LogP) is 3.07. The maximum Gasteiger partial charge on any atom is 0.407 e. The molecule has 0 aliphatic carbocycles. The molecule has 0 radical (unpaired) electrons. The van der Waals surface area contributed by atoms with Gasteiger partial charge in [-0.15, -0.1) is 0 Å². The zero-order valence-electron chi connectivity index (χ0n) is 20.3. The highest BCUT2D eigenvalue weighted by Gasteiger charge is 2.32. The number of halogens is 1. The van der Waals surface area contributed by atoms with E-state index in [0.29, 0.717) is 37.0 Å². The van der Waals surface area contributed by atoms with Crippen molar-refractivity contribution in [2.45, 2.75) is 31.8 Å². The van der Waals surface area contributed by atoms with E-state index in [4.69, 9.17) is 4.74 Å². The number of carbonyl (C=O) groups excluding carboxylic acids is 3. The maximum atomic E-state index is 13.1. The lowest BCUT2D eigenvalue weighted by Gasteiger charge is -2.29. The minimum atomic E-state index is -0.830. The summed E-state index contributed by atoms with van der Waals surface area (Å²) in [6.45, 7) is 2.77. The lowest BCUT2D eigenvalue weighted by Crippen LogP contribution is -2.49. The van der Waals surface area contributed by atoms with Crippen LogP contribution in [0.5, 0.6) is 0 Å². The predicted molar refractivity (Wildman–Crippen MR) is 132 cm³/mol. The second-order valence-electron chi connectivity index (χ2n) is 8.61. The van der Waals surface area contributed by atoms with Gasteiger partial charge in [0.1, 0.15) is 17.7 Å². The molecule has 3 heterocycles. The lowest BCUT2D eigenvalue weighted by atomic mass is 9.91. The van der Waals surface area contributed by atoms with Crippen LogP contribution >= 0.6 is 0 Å². The molecule has 37 heavy (non-hydrogen) atoms. The molecule has 1 fully saturated rings. The van der Waals surface area contributed by atoms with Gasteiger partial charge in [0.15, 0.2) is 5.82 Å². The molecule has 4 amide bonds. The van der Waals surface area contributed by atoms with Gasteiger partial charge < -0.3 is 25.4 Å². The van der Waals surface area contributed by atoms with Crippen molar-refractivity contribution < 1.29 is 28.2 Å². The Morgan fingerprint density at radius 3 is 2.57 bits per heavy atom. The van der Waals surface area contributed by atoms with Crippen molar-refractivity contribution in [2.24, 2.45) is 5.92 Å². The van der Waals surface area contributed by atoms with Crippen molar-refractivity contribution in [2.75, 3.05) is 31.0 Å². The number of alkyl carbamates (subject to hydrolysis) is 1. The van der Waals surface area contributed by atoms with Crippen LogP contribution in [0, 0.1) is 11.7 Å². The SMILES string of the molecule is COC(=O)N[C@H](C(=O)Nc1n[nH]c2cc(NC(=O)N[C@H](C)c3ccc(F)cc3)ncc12)C1CCOCC1. The van der Waals surface area contributed by atoms with Gasteiger partial charge >= 0.3 is 12.1 Å². The highest BCUT2D eigenvalue weighted by molar-refractivity contribution is 6.03. The number of nitrogens with one attached hydrogen (secondary N) is 5. The Bertz CT molecular complexity index is 1260. The van der Waals surface area contributed by atoms with Crippen molar-refractivity contribution in [1.82, 2.24) is 25.8 Å². The number of carbonyl (C=O) groups is 3. The number of rotatable bonds is 7. The molecule has 0 saturated carbocycles. The average molecular weight is 514 g/mol. The van der Waals surface area contributed by atoms with Gasteiger partial charge in [-0.1, -0.05) is 12.1 Å². The number of ether oxygens (including phenoxy) is 2. The van der Waals surface area contributed by atoms with Gasteiger partial charge in [0, 0.05) is 25.5 Å². The third kappa shape index (κ3) is 6.50. The zero-order chi connectivity index (χ0) is 26.4. The number of H-pyrrole nitrogens is 1. The fourth-order valence-electron chi connectivity index (χ4n) is 4.09. The smallest absolute Gasteiger partial charge is 0.407 e. The summed E-state index contributed by atoms with van der Waals surface area (Å²) >= 11 is 0. The third-order valence-corrected chi connectivity index (χ3v) is 6.13. The van der Waals surface area contributed by atoms with E-state index < -0.39 is 24.1 Å². The fourth-order valence-corrected chi connectivity index (χ4v) is 4.09. The molecule has 4 rings (SSSR count). The summed E-state index contributed by atoms with van der Waals surface area (Å²) in [7, 11) is 1.23. The molecule has 196 valence electrons. The summed E-state index contributed by atoms with van der Waals surface area (Å²) in [5.41, 5.74) is 1.27. The normalized spacial score (nSPS) is 15.4. The molecule has 13 heteroatoms. The first kappa shape index (κ1) is 25.8. The van der Waals surface area contributed by atoms with Gasteiger partial charge in [-0.3, -0.25) is 15.2 Å². The van der Waals surface area contributed by atoms with E-state index in [1.807, 2.05) is 0 Å². The zero-order valence-corrected chi connectivity index (χ0v) is 20.3. The van der Waals surface area contributed by atoms with E-state index in [0.717, 1.165) is 5.56 Å². The van der Waals surface area contributed by atoms with E-state index in [1.165, 1.54) is 25.4 Å². The molecule has 1 aromatic carbocycles. The minimum Gasteiger partial charge on any atom is -0.453 e. The van der Waals surface area contributed by atoms with Crippen molar-refractivity contribution in [3.63, 3.8) is 0 Å². The van der Waals surface area contributed by atoms with Crippen LogP contribution < -0.4 is 21.3 Å². The molecule has 0 spiro atoms. The fraction of sp³-hybridized carbons (Fsp3) is 0.375. The van der Waals surface area contributed by atoms with Crippen LogP contribution in [0.2, 0.25) is 0 Å². The summed E-state index contributed by atoms with van der Waals surface area (Å²) < 4.78 is 23.2. The number of nitrogens with zero attached hydrogens (tertiary/aromatic N) is 2. The minimum absolute atomic E-state index is 0.122. The van der Waals surface area contributed by atoms with Crippen molar-refractivity contribution in [1.29, 1.82) is 0 Å². The molecule has 1 saturated heterocycles. The average Bonchev–Trinajstić information content (AvgIpc) is 3.29. The Kier molecular flexibility index (Phi) is 8.13. The number of fused-ring (bicyclic) bond motifs is 1. The first-order chi connectivity index (χ1) is 17.8. The molecule has 0 bridgehead atoms. The first-order valence-electron chi connectivity index (χ1n) is 11.7. The van der Waals surface area contributed by atoms with Crippen molar-refractivity contribution in [3.05, 3.63) is 47.9 Å². The summed E-state index contributed by atoms with van der Waals surface area (Å²) in [5, 5.41) is 18.2. The number of aromatic nitrogens is 3.